The number of aromatic carboxylic acids is 1. The quantitative estimate of drug-likeness (QED) is 0.377. The lowest BCUT2D eigenvalue weighted by Gasteiger charge is -2.09. The molecule has 20 heavy (non-hydrogen) atoms. The Morgan fingerprint density at radius 3 is 2.80 bits per heavy atom. The second kappa shape index (κ2) is 7.32. The Bertz CT molecular complexity index is 599. The molecule has 0 saturated carbocycles. The topological polar surface area (TPSA) is 109 Å². The molecule has 0 aliphatic heterocycles. The average molecular weight is 316 g/mol. The number of hydrogen-bond acceptors (Lipinski definition) is 5. The summed E-state index contributed by atoms with van der Waals surface area (Å²) in [5, 5.41) is 9.01. The van der Waals surface area contributed by atoms with Crippen LogP contribution in [0, 0.1) is 0 Å². The Balaban J connectivity index is 2.89. The van der Waals surface area contributed by atoms with E-state index in [0.29, 0.717) is 5.75 Å². The first kappa shape index (κ1) is 16.5. The van der Waals surface area contributed by atoms with Crippen LogP contribution in [0.25, 0.3) is 0 Å². The highest BCUT2D eigenvalue weighted by atomic mass is 32.2. The molecule has 0 heterocycles. The summed E-state index contributed by atoms with van der Waals surface area (Å²) in [6.45, 7) is 3.76. The van der Waals surface area contributed by atoms with Crippen LogP contribution in [0.2, 0.25) is 0 Å². The molecular weight excluding hydrogens is 300 g/mol. The number of benzene rings is 1. The van der Waals surface area contributed by atoms with E-state index in [1.165, 1.54) is 23.9 Å². The van der Waals surface area contributed by atoms with Gasteiger partial charge in [0.25, 0.3) is 0 Å². The number of anilines is 1. The number of carboxylic acid groups (broad SMARTS) is 1. The maximum Gasteiger partial charge on any atom is 0.337 e. The third kappa shape index (κ3) is 4.55. The van der Waals surface area contributed by atoms with Gasteiger partial charge >= 0.3 is 5.97 Å². The molecule has 6 nitrogen and oxygen atoms in total. The van der Waals surface area contributed by atoms with Crippen molar-refractivity contribution in [3.8, 4) is 0 Å². The summed E-state index contributed by atoms with van der Waals surface area (Å²) in [6.07, 6.45) is 1.72. The Kier molecular flexibility index (Phi) is 6.05. The molecule has 0 aliphatic rings. The van der Waals surface area contributed by atoms with Gasteiger partial charge in [-0.05, 0) is 18.2 Å². The highest BCUT2D eigenvalue weighted by molar-refractivity contribution is 7.99. The molecular formula is C12H16N2O4S2. The molecule has 1 aromatic rings. The predicted molar refractivity (Wildman–Crippen MR) is 80.5 cm³/mol. The van der Waals surface area contributed by atoms with E-state index in [1.54, 1.807) is 6.08 Å². The minimum Gasteiger partial charge on any atom is -0.478 e. The van der Waals surface area contributed by atoms with Crippen LogP contribution < -0.4 is 10.5 Å². The first-order chi connectivity index (χ1) is 9.38. The lowest BCUT2D eigenvalue weighted by molar-refractivity contribution is 0.0692. The number of thioether (sulfide) groups is 1. The maximum atomic E-state index is 12.1. The monoisotopic (exact) mass is 316 g/mol. The van der Waals surface area contributed by atoms with Crippen molar-refractivity contribution in [3.63, 3.8) is 0 Å². The Labute approximate surface area is 122 Å². The zero-order valence-corrected chi connectivity index (χ0v) is 12.3. The molecule has 8 heteroatoms. The van der Waals surface area contributed by atoms with Gasteiger partial charge in [-0.2, -0.15) is 11.8 Å². The van der Waals surface area contributed by atoms with Crippen molar-refractivity contribution in [2.24, 2.45) is 0 Å². The van der Waals surface area contributed by atoms with E-state index in [0.717, 1.165) is 11.8 Å². The van der Waals surface area contributed by atoms with Crippen molar-refractivity contribution >= 4 is 33.4 Å². The van der Waals surface area contributed by atoms with Crippen molar-refractivity contribution in [2.75, 3.05) is 23.8 Å². The third-order valence-corrected chi connectivity index (χ3v) is 4.76. The zero-order chi connectivity index (χ0) is 15.2. The third-order valence-electron chi connectivity index (χ3n) is 2.30. The predicted octanol–water partition coefficient (Wildman–Crippen LogP) is 1.16. The number of nitrogen functional groups attached to an aromatic ring is 1. The summed E-state index contributed by atoms with van der Waals surface area (Å²) in [4.78, 5) is 10.7. The standard InChI is InChI=1S/C12H16N2O4S2/c1-2-6-19-7-5-14-20(17,18)11-8-9(13)3-4-10(11)12(15)16/h2-4,8,14H,1,5-7,13H2,(H,15,16). The fourth-order valence-electron chi connectivity index (χ4n) is 1.43. The van der Waals surface area contributed by atoms with Gasteiger partial charge in [-0.1, -0.05) is 6.08 Å². The first-order valence-corrected chi connectivity index (χ1v) is 8.33. The van der Waals surface area contributed by atoms with Crippen LogP contribution in [0.3, 0.4) is 0 Å². The minimum atomic E-state index is -3.90. The Morgan fingerprint density at radius 1 is 1.50 bits per heavy atom. The van der Waals surface area contributed by atoms with Gasteiger partial charge in [-0.3, -0.25) is 0 Å². The van der Waals surface area contributed by atoms with E-state index in [2.05, 4.69) is 11.3 Å². The normalized spacial score (nSPS) is 11.2. The van der Waals surface area contributed by atoms with Crippen molar-refractivity contribution in [3.05, 3.63) is 36.4 Å². The molecule has 0 amide bonds. The number of carboxylic acids is 1. The van der Waals surface area contributed by atoms with Crippen LogP contribution in [0.1, 0.15) is 10.4 Å². The average Bonchev–Trinajstić information content (AvgIpc) is 2.38. The Morgan fingerprint density at radius 2 is 2.20 bits per heavy atom. The van der Waals surface area contributed by atoms with E-state index in [-0.39, 0.29) is 22.7 Å². The van der Waals surface area contributed by atoms with Crippen molar-refractivity contribution < 1.29 is 18.3 Å². The SMILES string of the molecule is C=CCSCCNS(=O)(=O)c1cc(N)ccc1C(=O)O. The van der Waals surface area contributed by atoms with Crippen molar-refractivity contribution in [2.45, 2.75) is 4.90 Å². The smallest absolute Gasteiger partial charge is 0.337 e. The van der Waals surface area contributed by atoms with Gasteiger partial charge in [0.2, 0.25) is 10.0 Å². The summed E-state index contributed by atoms with van der Waals surface area (Å²) >= 11 is 1.52. The second-order valence-corrected chi connectivity index (χ2v) is 6.71. The number of rotatable bonds is 8. The molecule has 0 saturated heterocycles. The molecule has 0 aromatic heterocycles. The summed E-state index contributed by atoms with van der Waals surface area (Å²) in [6, 6.07) is 3.67. The van der Waals surface area contributed by atoms with Gasteiger partial charge in [0, 0.05) is 23.7 Å². The van der Waals surface area contributed by atoms with Crippen LogP contribution >= 0.6 is 11.8 Å². The van der Waals surface area contributed by atoms with E-state index in [1.807, 2.05) is 0 Å². The number of nitrogens with one attached hydrogen (secondary N) is 1. The first-order valence-electron chi connectivity index (χ1n) is 5.69. The summed E-state index contributed by atoms with van der Waals surface area (Å²) in [5.41, 5.74) is 5.41. The minimum absolute atomic E-state index is 0.191. The zero-order valence-electron chi connectivity index (χ0n) is 10.7. The molecule has 0 aliphatic carbocycles. The lowest BCUT2D eigenvalue weighted by Crippen LogP contribution is -2.27. The fraction of sp³-hybridized carbons (Fsp3) is 0.250. The summed E-state index contributed by atoms with van der Waals surface area (Å²) in [7, 11) is -3.90. The van der Waals surface area contributed by atoms with Gasteiger partial charge in [0.05, 0.1) is 10.5 Å². The van der Waals surface area contributed by atoms with Crippen molar-refractivity contribution in [1.82, 2.24) is 4.72 Å². The van der Waals surface area contributed by atoms with Gasteiger partial charge < -0.3 is 10.8 Å². The molecule has 110 valence electrons. The van der Waals surface area contributed by atoms with Gasteiger partial charge in [0.15, 0.2) is 0 Å². The molecule has 0 atom stereocenters. The van der Waals surface area contributed by atoms with Crippen LogP contribution in [-0.4, -0.2) is 37.5 Å². The highest BCUT2D eigenvalue weighted by Gasteiger charge is 2.22. The number of sulfonamides is 1. The molecule has 0 bridgehead atoms. The van der Waals surface area contributed by atoms with Gasteiger partial charge in [0.1, 0.15) is 0 Å². The van der Waals surface area contributed by atoms with Crippen LogP contribution in [-0.2, 0) is 10.0 Å². The largest absolute Gasteiger partial charge is 0.478 e. The van der Waals surface area contributed by atoms with Crippen LogP contribution in [0.4, 0.5) is 5.69 Å². The lowest BCUT2D eigenvalue weighted by atomic mass is 10.2. The Hall–Kier alpha value is -1.51. The molecule has 1 aromatic carbocycles. The van der Waals surface area contributed by atoms with Crippen molar-refractivity contribution in [1.29, 1.82) is 0 Å². The molecule has 0 spiro atoms. The summed E-state index contributed by atoms with van der Waals surface area (Å²) in [5.74, 6) is -0.0255. The number of hydrogen-bond donors (Lipinski definition) is 3. The highest BCUT2D eigenvalue weighted by Crippen LogP contribution is 2.19. The van der Waals surface area contributed by atoms with Crippen LogP contribution in [0.15, 0.2) is 35.7 Å². The molecule has 1 rings (SSSR count). The van der Waals surface area contributed by atoms with Gasteiger partial charge in [-0.25, -0.2) is 17.9 Å². The van der Waals surface area contributed by atoms with E-state index < -0.39 is 16.0 Å². The molecule has 4 N–H and O–H groups in total. The molecule has 0 unspecified atom stereocenters. The number of carbonyl (C=O) groups is 1. The molecule has 0 fully saturated rings. The van der Waals surface area contributed by atoms with Gasteiger partial charge in [-0.15, -0.1) is 6.58 Å². The van der Waals surface area contributed by atoms with Crippen LogP contribution in [0.5, 0.6) is 0 Å². The second-order valence-electron chi connectivity index (χ2n) is 3.82. The maximum absolute atomic E-state index is 12.1. The van der Waals surface area contributed by atoms with E-state index in [9.17, 15) is 13.2 Å². The fourth-order valence-corrected chi connectivity index (χ4v) is 3.40. The summed E-state index contributed by atoms with van der Waals surface area (Å²) < 4.78 is 26.5. The van der Waals surface area contributed by atoms with E-state index in [4.69, 9.17) is 10.8 Å². The van der Waals surface area contributed by atoms with E-state index >= 15 is 0 Å². The molecule has 0 radical (unpaired) electrons. The number of nitrogens with two attached hydrogens (primary N) is 1.